The standard InChI is InChI=1S/C7H9NO3/c1-11-7-5(9)2-4(8)3-6(7)10/h2-3,9-10H,8H2,1H3. The molecule has 0 aliphatic heterocycles. The molecule has 0 fully saturated rings. The van der Waals surface area contributed by atoms with Crippen molar-refractivity contribution >= 4 is 5.69 Å². The van der Waals surface area contributed by atoms with Gasteiger partial charge in [0.1, 0.15) is 0 Å². The number of anilines is 1. The number of nitrogen functional groups attached to an aromatic ring is 1. The molecule has 4 N–H and O–H groups in total. The third kappa shape index (κ3) is 1.29. The smallest absolute Gasteiger partial charge is 0.202 e. The van der Waals surface area contributed by atoms with Crippen molar-refractivity contribution in [3.63, 3.8) is 0 Å². The van der Waals surface area contributed by atoms with E-state index >= 15 is 0 Å². The molecule has 0 saturated heterocycles. The van der Waals surface area contributed by atoms with Gasteiger partial charge in [0.25, 0.3) is 0 Å². The molecule has 0 saturated carbocycles. The predicted molar refractivity (Wildman–Crippen MR) is 40.7 cm³/mol. The van der Waals surface area contributed by atoms with Crippen LogP contribution in [0.4, 0.5) is 5.69 Å². The SMILES string of the molecule is COc1c(O)cc(N)cc1O. The lowest BCUT2D eigenvalue weighted by Gasteiger charge is -2.05. The van der Waals surface area contributed by atoms with E-state index in [4.69, 9.17) is 15.9 Å². The first-order valence-corrected chi connectivity index (χ1v) is 3.00. The van der Waals surface area contributed by atoms with Gasteiger partial charge in [-0.2, -0.15) is 0 Å². The molecule has 0 amide bonds. The average Bonchev–Trinajstić information content (AvgIpc) is 1.85. The van der Waals surface area contributed by atoms with E-state index in [1.165, 1.54) is 19.2 Å². The van der Waals surface area contributed by atoms with Gasteiger partial charge in [0.15, 0.2) is 11.5 Å². The van der Waals surface area contributed by atoms with Crippen molar-refractivity contribution < 1.29 is 14.9 Å². The minimum atomic E-state index is -0.162. The summed E-state index contributed by atoms with van der Waals surface area (Å²) in [6.45, 7) is 0. The molecule has 0 aliphatic rings. The Labute approximate surface area is 63.8 Å². The molecule has 11 heavy (non-hydrogen) atoms. The van der Waals surface area contributed by atoms with Gasteiger partial charge in [-0.15, -0.1) is 0 Å². The average molecular weight is 155 g/mol. The molecule has 0 unspecified atom stereocenters. The highest BCUT2D eigenvalue weighted by Gasteiger charge is 2.07. The van der Waals surface area contributed by atoms with E-state index in [9.17, 15) is 0 Å². The summed E-state index contributed by atoms with van der Waals surface area (Å²) < 4.78 is 4.68. The van der Waals surface area contributed by atoms with Gasteiger partial charge >= 0.3 is 0 Å². The number of phenolic OH excluding ortho intramolecular Hbond substituents is 2. The minimum Gasteiger partial charge on any atom is -0.504 e. The molecule has 1 rings (SSSR count). The van der Waals surface area contributed by atoms with Crippen LogP contribution in [0.15, 0.2) is 12.1 Å². The van der Waals surface area contributed by atoms with E-state index in [2.05, 4.69) is 4.74 Å². The largest absolute Gasteiger partial charge is 0.504 e. The molecule has 0 radical (unpaired) electrons. The summed E-state index contributed by atoms with van der Waals surface area (Å²) in [6, 6.07) is 2.61. The second-order valence-corrected chi connectivity index (χ2v) is 2.09. The molecule has 0 spiro atoms. The van der Waals surface area contributed by atoms with Crippen molar-refractivity contribution in [3.05, 3.63) is 12.1 Å². The highest BCUT2D eigenvalue weighted by atomic mass is 16.5. The summed E-state index contributed by atoms with van der Waals surface area (Å²) in [7, 11) is 1.35. The van der Waals surface area contributed by atoms with Gasteiger partial charge in [-0.05, 0) is 0 Å². The van der Waals surface area contributed by atoms with Crippen LogP contribution in [0.1, 0.15) is 0 Å². The molecule has 4 heteroatoms. The highest BCUT2D eigenvalue weighted by molar-refractivity contribution is 5.59. The molecule has 1 aromatic carbocycles. The quantitative estimate of drug-likeness (QED) is 0.521. The number of hydrogen-bond donors (Lipinski definition) is 3. The second-order valence-electron chi connectivity index (χ2n) is 2.09. The lowest BCUT2D eigenvalue weighted by atomic mass is 10.2. The van der Waals surface area contributed by atoms with Gasteiger partial charge in [0.2, 0.25) is 5.75 Å². The first kappa shape index (κ1) is 7.53. The second kappa shape index (κ2) is 2.57. The number of hydrogen-bond acceptors (Lipinski definition) is 4. The Morgan fingerprint density at radius 2 is 1.73 bits per heavy atom. The molecular formula is C7H9NO3. The number of methoxy groups -OCH3 is 1. The molecule has 0 atom stereocenters. The monoisotopic (exact) mass is 155 g/mol. The fourth-order valence-corrected chi connectivity index (χ4v) is 0.829. The number of aromatic hydroxyl groups is 2. The van der Waals surface area contributed by atoms with Crippen LogP contribution in [0.5, 0.6) is 17.2 Å². The molecule has 0 bridgehead atoms. The zero-order valence-corrected chi connectivity index (χ0v) is 6.03. The van der Waals surface area contributed by atoms with Gasteiger partial charge < -0.3 is 20.7 Å². The summed E-state index contributed by atoms with van der Waals surface area (Å²) in [5.74, 6) is -0.283. The lowest BCUT2D eigenvalue weighted by Crippen LogP contribution is -1.88. The number of ether oxygens (including phenoxy) is 1. The molecule has 0 heterocycles. The van der Waals surface area contributed by atoms with E-state index in [1.807, 2.05) is 0 Å². The molecule has 60 valence electrons. The predicted octanol–water partition coefficient (Wildman–Crippen LogP) is 0.689. The summed E-state index contributed by atoms with van der Waals surface area (Å²) in [4.78, 5) is 0. The van der Waals surface area contributed by atoms with Crippen LogP contribution < -0.4 is 10.5 Å². The van der Waals surface area contributed by atoms with Gasteiger partial charge in [-0.3, -0.25) is 0 Å². The van der Waals surface area contributed by atoms with Gasteiger partial charge in [-0.1, -0.05) is 0 Å². The lowest BCUT2D eigenvalue weighted by molar-refractivity contribution is 0.345. The Kier molecular flexibility index (Phi) is 1.76. The van der Waals surface area contributed by atoms with Crippen molar-refractivity contribution in [2.24, 2.45) is 0 Å². The van der Waals surface area contributed by atoms with E-state index in [0.29, 0.717) is 5.69 Å². The summed E-state index contributed by atoms with van der Waals surface area (Å²) in [5.41, 5.74) is 5.60. The topological polar surface area (TPSA) is 75.7 Å². The minimum absolute atomic E-state index is 0.0409. The Morgan fingerprint density at radius 1 is 1.27 bits per heavy atom. The van der Waals surface area contributed by atoms with Gasteiger partial charge in [-0.25, -0.2) is 0 Å². The zero-order chi connectivity index (χ0) is 8.43. The Balaban J connectivity index is 3.25. The number of rotatable bonds is 1. The zero-order valence-electron chi connectivity index (χ0n) is 6.03. The maximum atomic E-state index is 9.11. The van der Waals surface area contributed by atoms with Crippen LogP contribution in [0, 0.1) is 0 Å². The third-order valence-electron chi connectivity index (χ3n) is 1.28. The number of benzene rings is 1. The highest BCUT2D eigenvalue weighted by Crippen LogP contribution is 2.37. The molecule has 0 aromatic heterocycles. The van der Waals surface area contributed by atoms with Gasteiger partial charge in [0.05, 0.1) is 7.11 Å². The Morgan fingerprint density at radius 3 is 2.09 bits per heavy atom. The molecule has 0 aliphatic carbocycles. The summed E-state index contributed by atoms with van der Waals surface area (Å²) >= 11 is 0. The van der Waals surface area contributed by atoms with Crippen LogP contribution in [-0.4, -0.2) is 17.3 Å². The molecule has 4 nitrogen and oxygen atoms in total. The van der Waals surface area contributed by atoms with Crippen LogP contribution in [-0.2, 0) is 0 Å². The number of phenols is 2. The van der Waals surface area contributed by atoms with Crippen molar-refractivity contribution in [3.8, 4) is 17.2 Å². The summed E-state index contributed by atoms with van der Waals surface area (Å²) in [5, 5.41) is 18.2. The van der Waals surface area contributed by atoms with E-state index in [1.54, 1.807) is 0 Å². The fraction of sp³-hybridized carbons (Fsp3) is 0.143. The molecule has 1 aromatic rings. The van der Waals surface area contributed by atoms with Crippen molar-refractivity contribution in [2.45, 2.75) is 0 Å². The fourth-order valence-electron chi connectivity index (χ4n) is 0.829. The van der Waals surface area contributed by atoms with E-state index in [0.717, 1.165) is 0 Å². The van der Waals surface area contributed by atoms with Crippen molar-refractivity contribution in [1.29, 1.82) is 0 Å². The Hall–Kier alpha value is -1.58. The third-order valence-corrected chi connectivity index (χ3v) is 1.28. The van der Waals surface area contributed by atoms with Crippen molar-refractivity contribution in [1.82, 2.24) is 0 Å². The van der Waals surface area contributed by atoms with Crippen LogP contribution in [0.25, 0.3) is 0 Å². The van der Waals surface area contributed by atoms with Crippen LogP contribution in [0.2, 0.25) is 0 Å². The van der Waals surface area contributed by atoms with Gasteiger partial charge in [0, 0.05) is 17.8 Å². The van der Waals surface area contributed by atoms with E-state index in [-0.39, 0.29) is 17.2 Å². The van der Waals surface area contributed by atoms with Crippen molar-refractivity contribution in [2.75, 3.05) is 12.8 Å². The van der Waals surface area contributed by atoms with Crippen LogP contribution in [0.3, 0.4) is 0 Å². The summed E-state index contributed by atoms with van der Waals surface area (Å²) in [6.07, 6.45) is 0. The maximum absolute atomic E-state index is 9.11. The first-order chi connectivity index (χ1) is 5.15. The maximum Gasteiger partial charge on any atom is 0.202 e. The molecular weight excluding hydrogens is 146 g/mol. The van der Waals surface area contributed by atoms with Crippen LogP contribution >= 0.6 is 0 Å². The Bertz CT molecular complexity index is 249. The van der Waals surface area contributed by atoms with E-state index < -0.39 is 0 Å². The normalized spacial score (nSPS) is 9.55. The number of nitrogens with two attached hydrogens (primary N) is 1. The first-order valence-electron chi connectivity index (χ1n) is 3.00.